The molecule has 1 aromatic heterocycles. The average Bonchev–Trinajstić information content (AvgIpc) is 2.48. The molecule has 0 aliphatic carbocycles. The Morgan fingerprint density at radius 3 is 2.60 bits per heavy atom. The summed E-state index contributed by atoms with van der Waals surface area (Å²) in [5, 5.41) is 4.01. The van der Waals surface area contributed by atoms with Crippen LogP contribution in [0.1, 0.15) is 26.3 Å². The van der Waals surface area contributed by atoms with E-state index in [0.717, 1.165) is 5.56 Å². The Kier molecular flexibility index (Phi) is 3.29. The predicted octanol–water partition coefficient (Wildman–Crippen LogP) is 0.905. The Balaban J connectivity index is 2.64. The normalized spacial score (nSPS) is 13.9. The summed E-state index contributed by atoms with van der Waals surface area (Å²) in [7, 11) is 1.83. The molecule has 1 rings (SSSR count). The SMILES string of the molecule is Cn1cc(CC(=O)C(N)C(C)(C)C)cn1. The number of rotatable bonds is 3. The molecule has 1 heterocycles. The van der Waals surface area contributed by atoms with E-state index in [1.54, 1.807) is 10.9 Å². The topological polar surface area (TPSA) is 60.9 Å². The number of aryl methyl sites for hydroxylation is 1. The zero-order valence-electron chi connectivity index (χ0n) is 9.82. The number of nitrogens with zero attached hydrogens (tertiary/aromatic N) is 2. The largest absolute Gasteiger partial charge is 0.321 e. The van der Waals surface area contributed by atoms with Gasteiger partial charge in [-0.1, -0.05) is 20.8 Å². The van der Waals surface area contributed by atoms with Crippen molar-refractivity contribution in [2.45, 2.75) is 33.2 Å². The Bertz CT molecular complexity index is 349. The zero-order valence-corrected chi connectivity index (χ0v) is 9.82. The first-order valence-electron chi connectivity index (χ1n) is 5.06. The third-order valence-electron chi connectivity index (χ3n) is 2.42. The van der Waals surface area contributed by atoms with Crippen molar-refractivity contribution in [3.05, 3.63) is 18.0 Å². The molecule has 1 aromatic rings. The van der Waals surface area contributed by atoms with E-state index in [-0.39, 0.29) is 11.2 Å². The standard InChI is InChI=1S/C11H19N3O/c1-11(2,3)10(12)9(15)5-8-6-13-14(4)7-8/h6-7,10H,5,12H2,1-4H3. The quantitative estimate of drug-likeness (QED) is 0.804. The number of nitrogens with two attached hydrogens (primary N) is 1. The van der Waals surface area contributed by atoms with Crippen LogP contribution < -0.4 is 5.73 Å². The maximum absolute atomic E-state index is 11.8. The van der Waals surface area contributed by atoms with Crippen molar-refractivity contribution in [3.63, 3.8) is 0 Å². The van der Waals surface area contributed by atoms with Gasteiger partial charge in [-0.25, -0.2) is 0 Å². The molecule has 1 atom stereocenters. The van der Waals surface area contributed by atoms with E-state index in [9.17, 15) is 4.79 Å². The Hall–Kier alpha value is -1.16. The minimum absolute atomic E-state index is 0.0653. The monoisotopic (exact) mass is 209 g/mol. The van der Waals surface area contributed by atoms with Gasteiger partial charge in [-0.15, -0.1) is 0 Å². The van der Waals surface area contributed by atoms with Gasteiger partial charge in [0.1, 0.15) is 0 Å². The Labute approximate surface area is 90.5 Å². The molecule has 0 fully saturated rings. The van der Waals surface area contributed by atoms with Crippen molar-refractivity contribution in [1.29, 1.82) is 0 Å². The Morgan fingerprint density at radius 1 is 1.60 bits per heavy atom. The van der Waals surface area contributed by atoms with Gasteiger partial charge in [0.05, 0.1) is 12.2 Å². The molecule has 2 N–H and O–H groups in total. The summed E-state index contributed by atoms with van der Waals surface area (Å²) in [6.45, 7) is 5.91. The number of hydrogen-bond acceptors (Lipinski definition) is 3. The van der Waals surface area contributed by atoms with Gasteiger partial charge in [-0.2, -0.15) is 5.10 Å². The molecule has 0 spiro atoms. The summed E-state index contributed by atoms with van der Waals surface area (Å²) in [6, 6.07) is -0.419. The number of aromatic nitrogens is 2. The summed E-state index contributed by atoms with van der Waals surface area (Å²) >= 11 is 0. The van der Waals surface area contributed by atoms with E-state index in [1.165, 1.54) is 0 Å². The van der Waals surface area contributed by atoms with Crippen LogP contribution in [0, 0.1) is 5.41 Å². The molecular weight excluding hydrogens is 190 g/mol. The second-order valence-electron chi connectivity index (χ2n) is 5.01. The third kappa shape index (κ3) is 3.16. The fourth-order valence-electron chi connectivity index (χ4n) is 1.36. The second kappa shape index (κ2) is 4.14. The number of Topliss-reactive ketones (excluding diaryl/α,β-unsaturated/α-hetero) is 1. The van der Waals surface area contributed by atoms with Crippen molar-refractivity contribution in [2.24, 2.45) is 18.2 Å². The van der Waals surface area contributed by atoms with Crippen LogP contribution in [0.4, 0.5) is 0 Å². The van der Waals surface area contributed by atoms with E-state index < -0.39 is 6.04 Å². The summed E-state index contributed by atoms with van der Waals surface area (Å²) in [5.41, 5.74) is 6.61. The molecule has 0 amide bonds. The molecule has 0 saturated carbocycles. The van der Waals surface area contributed by atoms with E-state index in [0.29, 0.717) is 6.42 Å². The molecule has 1 unspecified atom stereocenters. The molecule has 0 aromatic carbocycles. The van der Waals surface area contributed by atoms with E-state index in [2.05, 4.69) is 5.10 Å². The highest BCUT2D eigenvalue weighted by molar-refractivity contribution is 5.86. The van der Waals surface area contributed by atoms with Crippen LogP contribution in [-0.2, 0) is 18.3 Å². The molecule has 0 aliphatic rings. The summed E-state index contributed by atoms with van der Waals surface area (Å²) in [6.07, 6.45) is 3.91. The second-order valence-corrected chi connectivity index (χ2v) is 5.01. The number of carbonyl (C=O) groups is 1. The summed E-state index contributed by atoms with van der Waals surface area (Å²) in [4.78, 5) is 11.8. The minimum Gasteiger partial charge on any atom is -0.321 e. The first-order valence-corrected chi connectivity index (χ1v) is 5.06. The maximum atomic E-state index is 11.8. The van der Waals surface area contributed by atoms with Gasteiger partial charge in [0.2, 0.25) is 0 Å². The van der Waals surface area contributed by atoms with Gasteiger partial charge >= 0.3 is 0 Å². The lowest BCUT2D eigenvalue weighted by atomic mass is 9.83. The highest BCUT2D eigenvalue weighted by atomic mass is 16.1. The summed E-state index contributed by atoms with van der Waals surface area (Å²) < 4.78 is 1.69. The first kappa shape index (κ1) is 11.9. The van der Waals surface area contributed by atoms with Gasteiger partial charge in [0, 0.05) is 19.7 Å². The molecule has 0 aliphatic heterocycles. The molecular formula is C11H19N3O. The molecule has 15 heavy (non-hydrogen) atoms. The maximum Gasteiger partial charge on any atom is 0.154 e. The van der Waals surface area contributed by atoms with Crippen LogP contribution in [-0.4, -0.2) is 21.6 Å². The lowest BCUT2D eigenvalue weighted by molar-refractivity contribution is -0.121. The molecule has 4 nitrogen and oxygen atoms in total. The lowest BCUT2D eigenvalue weighted by Crippen LogP contribution is -2.43. The fourth-order valence-corrected chi connectivity index (χ4v) is 1.36. The number of hydrogen-bond donors (Lipinski definition) is 1. The third-order valence-corrected chi connectivity index (χ3v) is 2.42. The number of ketones is 1. The van der Waals surface area contributed by atoms with E-state index in [4.69, 9.17) is 5.73 Å². The zero-order chi connectivity index (χ0) is 11.6. The van der Waals surface area contributed by atoms with Crippen molar-refractivity contribution in [1.82, 2.24) is 9.78 Å². The van der Waals surface area contributed by atoms with Crippen molar-refractivity contribution in [2.75, 3.05) is 0 Å². The smallest absolute Gasteiger partial charge is 0.154 e. The van der Waals surface area contributed by atoms with Crippen LogP contribution in [0.25, 0.3) is 0 Å². The van der Waals surface area contributed by atoms with Gasteiger partial charge in [0.25, 0.3) is 0 Å². The highest BCUT2D eigenvalue weighted by Gasteiger charge is 2.27. The molecule has 4 heteroatoms. The minimum atomic E-state index is -0.419. The fraction of sp³-hybridized carbons (Fsp3) is 0.636. The lowest BCUT2D eigenvalue weighted by Gasteiger charge is -2.25. The van der Waals surface area contributed by atoms with E-state index in [1.807, 2.05) is 34.0 Å². The van der Waals surface area contributed by atoms with Crippen LogP contribution in [0.15, 0.2) is 12.4 Å². The highest BCUT2D eigenvalue weighted by Crippen LogP contribution is 2.19. The number of carbonyl (C=O) groups excluding carboxylic acids is 1. The Morgan fingerprint density at radius 2 is 2.20 bits per heavy atom. The predicted molar refractivity (Wildman–Crippen MR) is 59.3 cm³/mol. The van der Waals surface area contributed by atoms with Gasteiger partial charge in [0.15, 0.2) is 5.78 Å². The van der Waals surface area contributed by atoms with Gasteiger partial charge < -0.3 is 5.73 Å². The van der Waals surface area contributed by atoms with E-state index >= 15 is 0 Å². The first-order chi connectivity index (χ1) is 6.80. The molecule has 0 radical (unpaired) electrons. The molecule has 0 saturated heterocycles. The average molecular weight is 209 g/mol. The van der Waals surface area contributed by atoms with Crippen molar-refractivity contribution >= 4 is 5.78 Å². The van der Waals surface area contributed by atoms with Crippen LogP contribution in [0.3, 0.4) is 0 Å². The molecule has 0 bridgehead atoms. The van der Waals surface area contributed by atoms with Crippen molar-refractivity contribution < 1.29 is 4.79 Å². The van der Waals surface area contributed by atoms with Crippen molar-refractivity contribution in [3.8, 4) is 0 Å². The van der Waals surface area contributed by atoms with Crippen LogP contribution in [0.5, 0.6) is 0 Å². The van der Waals surface area contributed by atoms with Crippen LogP contribution in [0.2, 0.25) is 0 Å². The van der Waals surface area contributed by atoms with Gasteiger partial charge in [-0.05, 0) is 11.0 Å². The van der Waals surface area contributed by atoms with Crippen LogP contribution >= 0.6 is 0 Å². The summed E-state index contributed by atoms with van der Waals surface area (Å²) in [5.74, 6) is 0.0653. The molecule has 84 valence electrons. The van der Waals surface area contributed by atoms with Gasteiger partial charge in [-0.3, -0.25) is 9.48 Å².